The molecular formula is C8H11NO4. The fourth-order valence-electron chi connectivity index (χ4n) is 2.32. The van der Waals surface area contributed by atoms with Gasteiger partial charge in [-0.3, -0.25) is 9.59 Å². The van der Waals surface area contributed by atoms with Gasteiger partial charge in [0.25, 0.3) is 5.91 Å². The Morgan fingerprint density at radius 1 is 1.54 bits per heavy atom. The Balaban J connectivity index is 2.32. The number of fused-ring (bicyclic) bond motifs is 2. The van der Waals surface area contributed by atoms with Gasteiger partial charge >= 0.3 is 5.97 Å². The molecule has 2 bridgehead atoms. The van der Waals surface area contributed by atoms with Gasteiger partial charge in [-0.15, -0.1) is 0 Å². The molecule has 0 aromatic heterocycles. The lowest BCUT2D eigenvalue weighted by Crippen LogP contribution is -2.49. The van der Waals surface area contributed by atoms with Crippen LogP contribution in [0.1, 0.15) is 19.3 Å². The van der Waals surface area contributed by atoms with Crippen molar-refractivity contribution in [1.29, 1.82) is 0 Å². The highest BCUT2D eigenvalue weighted by Gasteiger charge is 2.60. The summed E-state index contributed by atoms with van der Waals surface area (Å²) in [6, 6.07) is 0. The zero-order chi connectivity index (χ0) is 9.64. The third-order valence-electron chi connectivity index (χ3n) is 2.99. The van der Waals surface area contributed by atoms with Crippen molar-refractivity contribution in [2.24, 2.45) is 11.7 Å². The van der Waals surface area contributed by atoms with Gasteiger partial charge in [0.15, 0.2) is 5.60 Å². The van der Waals surface area contributed by atoms with Crippen LogP contribution in [-0.2, 0) is 14.3 Å². The van der Waals surface area contributed by atoms with Gasteiger partial charge in [-0.1, -0.05) is 0 Å². The van der Waals surface area contributed by atoms with Gasteiger partial charge in [0.05, 0.1) is 12.0 Å². The molecule has 3 atom stereocenters. The fourth-order valence-corrected chi connectivity index (χ4v) is 2.32. The van der Waals surface area contributed by atoms with E-state index in [-0.39, 0.29) is 6.10 Å². The number of hydrogen-bond acceptors (Lipinski definition) is 3. The van der Waals surface area contributed by atoms with Gasteiger partial charge in [-0.2, -0.15) is 0 Å². The summed E-state index contributed by atoms with van der Waals surface area (Å²) in [4.78, 5) is 21.9. The minimum atomic E-state index is -1.21. The fraction of sp³-hybridized carbons (Fsp3) is 0.750. The van der Waals surface area contributed by atoms with Crippen LogP contribution in [0.15, 0.2) is 0 Å². The van der Waals surface area contributed by atoms with E-state index in [1.54, 1.807) is 0 Å². The first-order valence-corrected chi connectivity index (χ1v) is 4.27. The van der Waals surface area contributed by atoms with Crippen LogP contribution in [0.4, 0.5) is 0 Å². The highest BCUT2D eigenvalue weighted by Crippen LogP contribution is 2.47. The lowest BCUT2D eigenvalue weighted by molar-refractivity contribution is -0.155. The van der Waals surface area contributed by atoms with Crippen molar-refractivity contribution in [3.63, 3.8) is 0 Å². The first-order chi connectivity index (χ1) is 6.06. The molecule has 2 rings (SSSR count). The second-order valence-electron chi connectivity index (χ2n) is 3.66. The maximum Gasteiger partial charge on any atom is 0.310 e. The van der Waals surface area contributed by atoms with Crippen molar-refractivity contribution < 1.29 is 19.4 Å². The number of carboxylic acids is 1. The highest BCUT2D eigenvalue weighted by atomic mass is 16.5. The summed E-state index contributed by atoms with van der Waals surface area (Å²) in [6.07, 6.45) is 1.52. The lowest BCUT2D eigenvalue weighted by Gasteiger charge is -2.25. The van der Waals surface area contributed by atoms with E-state index in [4.69, 9.17) is 15.6 Å². The third-order valence-corrected chi connectivity index (χ3v) is 2.99. The van der Waals surface area contributed by atoms with Crippen molar-refractivity contribution in [2.75, 3.05) is 0 Å². The van der Waals surface area contributed by atoms with Crippen molar-refractivity contribution in [3.05, 3.63) is 0 Å². The molecule has 3 unspecified atom stereocenters. The molecule has 0 aromatic carbocycles. The van der Waals surface area contributed by atoms with E-state index in [9.17, 15) is 9.59 Å². The van der Waals surface area contributed by atoms with Gasteiger partial charge in [0.2, 0.25) is 0 Å². The average Bonchev–Trinajstić information content (AvgIpc) is 2.60. The molecule has 2 fully saturated rings. The van der Waals surface area contributed by atoms with Gasteiger partial charge in [-0.05, 0) is 19.3 Å². The molecule has 2 aliphatic rings. The molecule has 5 nitrogen and oxygen atoms in total. The smallest absolute Gasteiger partial charge is 0.310 e. The molecule has 0 aromatic rings. The van der Waals surface area contributed by atoms with Gasteiger partial charge in [-0.25, -0.2) is 0 Å². The Bertz CT molecular complexity index is 277. The van der Waals surface area contributed by atoms with Crippen LogP contribution >= 0.6 is 0 Å². The van der Waals surface area contributed by atoms with E-state index in [0.29, 0.717) is 12.8 Å². The third kappa shape index (κ3) is 0.966. The minimum Gasteiger partial charge on any atom is -0.481 e. The van der Waals surface area contributed by atoms with Crippen molar-refractivity contribution in [3.8, 4) is 0 Å². The number of carbonyl (C=O) groups excluding carboxylic acids is 1. The van der Waals surface area contributed by atoms with E-state index in [1.165, 1.54) is 0 Å². The monoisotopic (exact) mass is 185 g/mol. The van der Waals surface area contributed by atoms with Crippen LogP contribution in [0.2, 0.25) is 0 Å². The summed E-state index contributed by atoms with van der Waals surface area (Å²) in [6.45, 7) is 0. The Morgan fingerprint density at radius 2 is 2.23 bits per heavy atom. The normalized spacial score (nSPS) is 42.2. The molecule has 72 valence electrons. The largest absolute Gasteiger partial charge is 0.481 e. The average molecular weight is 185 g/mol. The van der Waals surface area contributed by atoms with Crippen LogP contribution in [0, 0.1) is 5.92 Å². The lowest BCUT2D eigenvalue weighted by atomic mass is 9.78. The molecular weight excluding hydrogens is 174 g/mol. The van der Waals surface area contributed by atoms with Crippen LogP contribution < -0.4 is 5.73 Å². The number of nitrogens with two attached hydrogens (primary N) is 1. The highest BCUT2D eigenvalue weighted by molar-refractivity contribution is 5.90. The first-order valence-electron chi connectivity index (χ1n) is 4.27. The molecule has 2 saturated heterocycles. The standard InChI is InChI=1S/C8H11NO4/c9-7(12)8-2-1-4(13-8)3-5(8)6(10)11/h4-5H,1-3H2,(H2,9,12)(H,10,11). The summed E-state index contributed by atoms with van der Waals surface area (Å²) in [5, 5.41) is 8.86. The van der Waals surface area contributed by atoms with Gasteiger partial charge in [0.1, 0.15) is 0 Å². The maximum atomic E-state index is 11.1. The van der Waals surface area contributed by atoms with E-state index >= 15 is 0 Å². The Hall–Kier alpha value is -1.10. The summed E-state index contributed by atoms with van der Waals surface area (Å²) < 4.78 is 5.34. The molecule has 3 N–H and O–H groups in total. The second kappa shape index (κ2) is 2.45. The van der Waals surface area contributed by atoms with E-state index in [0.717, 1.165) is 6.42 Å². The van der Waals surface area contributed by atoms with Crippen LogP contribution in [0.5, 0.6) is 0 Å². The molecule has 2 heterocycles. The Morgan fingerprint density at radius 3 is 2.62 bits per heavy atom. The molecule has 0 aliphatic carbocycles. The number of amides is 1. The molecule has 0 saturated carbocycles. The van der Waals surface area contributed by atoms with Gasteiger partial charge < -0.3 is 15.6 Å². The summed E-state index contributed by atoms with van der Waals surface area (Å²) >= 11 is 0. The predicted octanol–water partition coefficient (Wildman–Crippen LogP) is -0.506. The Labute approximate surface area is 74.9 Å². The zero-order valence-corrected chi connectivity index (χ0v) is 7.03. The number of carboxylic acid groups (broad SMARTS) is 1. The number of hydrogen-bond donors (Lipinski definition) is 2. The van der Waals surface area contributed by atoms with Crippen molar-refractivity contribution >= 4 is 11.9 Å². The Kier molecular flexibility index (Phi) is 1.60. The van der Waals surface area contributed by atoms with Crippen LogP contribution in [0.3, 0.4) is 0 Å². The topological polar surface area (TPSA) is 89.6 Å². The first kappa shape index (κ1) is 8.50. The SMILES string of the molecule is NC(=O)C12CCC(CC1C(=O)O)O2. The number of ether oxygens (including phenoxy) is 1. The summed E-state index contributed by atoms with van der Waals surface area (Å²) in [7, 11) is 0. The van der Waals surface area contributed by atoms with E-state index < -0.39 is 23.4 Å². The maximum absolute atomic E-state index is 11.1. The molecule has 13 heavy (non-hydrogen) atoms. The molecule has 0 radical (unpaired) electrons. The van der Waals surface area contributed by atoms with E-state index in [1.807, 2.05) is 0 Å². The number of aliphatic carboxylic acids is 1. The summed E-state index contributed by atoms with van der Waals surface area (Å²) in [5.41, 5.74) is 3.96. The number of primary amides is 1. The van der Waals surface area contributed by atoms with Gasteiger partial charge in [0, 0.05) is 0 Å². The number of rotatable bonds is 2. The molecule has 1 amide bonds. The van der Waals surface area contributed by atoms with Crippen LogP contribution in [0.25, 0.3) is 0 Å². The minimum absolute atomic E-state index is 0.0893. The molecule has 2 aliphatic heterocycles. The molecule has 5 heteroatoms. The second-order valence-corrected chi connectivity index (χ2v) is 3.66. The quantitative estimate of drug-likeness (QED) is 0.606. The van der Waals surface area contributed by atoms with Crippen LogP contribution in [-0.4, -0.2) is 28.7 Å². The van der Waals surface area contributed by atoms with E-state index in [2.05, 4.69) is 0 Å². The zero-order valence-electron chi connectivity index (χ0n) is 7.03. The molecule has 0 spiro atoms. The summed E-state index contributed by atoms with van der Waals surface area (Å²) in [5.74, 6) is -2.37. The van der Waals surface area contributed by atoms with Crippen molar-refractivity contribution in [1.82, 2.24) is 0 Å². The predicted molar refractivity (Wildman–Crippen MR) is 41.8 cm³/mol. The van der Waals surface area contributed by atoms with Crippen molar-refractivity contribution in [2.45, 2.75) is 31.0 Å². The number of carbonyl (C=O) groups is 2.